The standard InChI is InChI=1S/C10H15N3O2S/c1-16(14,15)10-8(5-11)6-12-9(13-10)7-3-2-4-7/h6-7H,2-5,11H2,1H3. The van der Waals surface area contributed by atoms with E-state index in [2.05, 4.69) is 9.97 Å². The van der Waals surface area contributed by atoms with Crippen molar-refractivity contribution < 1.29 is 8.42 Å². The molecule has 88 valence electrons. The molecular weight excluding hydrogens is 226 g/mol. The van der Waals surface area contributed by atoms with Crippen LogP contribution < -0.4 is 5.73 Å². The molecule has 2 N–H and O–H groups in total. The highest BCUT2D eigenvalue weighted by atomic mass is 32.2. The molecule has 0 radical (unpaired) electrons. The number of rotatable bonds is 3. The van der Waals surface area contributed by atoms with Crippen LogP contribution in [0.3, 0.4) is 0 Å². The average molecular weight is 241 g/mol. The monoisotopic (exact) mass is 241 g/mol. The lowest BCUT2D eigenvalue weighted by molar-refractivity contribution is 0.398. The van der Waals surface area contributed by atoms with E-state index in [0.717, 1.165) is 19.1 Å². The third-order valence-corrected chi connectivity index (χ3v) is 3.94. The second kappa shape index (κ2) is 4.10. The topological polar surface area (TPSA) is 85.9 Å². The van der Waals surface area contributed by atoms with Gasteiger partial charge in [-0.05, 0) is 12.8 Å². The maximum Gasteiger partial charge on any atom is 0.193 e. The summed E-state index contributed by atoms with van der Waals surface area (Å²) < 4.78 is 23.1. The molecule has 1 aliphatic rings. The molecule has 0 spiro atoms. The molecule has 0 saturated heterocycles. The van der Waals surface area contributed by atoms with Gasteiger partial charge in [-0.2, -0.15) is 0 Å². The molecule has 0 aliphatic heterocycles. The van der Waals surface area contributed by atoms with E-state index in [0.29, 0.717) is 17.3 Å². The highest BCUT2D eigenvalue weighted by Gasteiger charge is 2.25. The van der Waals surface area contributed by atoms with E-state index in [1.165, 1.54) is 12.6 Å². The summed E-state index contributed by atoms with van der Waals surface area (Å²) in [5.41, 5.74) is 5.97. The molecule has 6 heteroatoms. The molecule has 1 aliphatic carbocycles. The highest BCUT2D eigenvalue weighted by molar-refractivity contribution is 7.90. The quantitative estimate of drug-likeness (QED) is 0.783. The zero-order chi connectivity index (χ0) is 11.8. The first-order valence-corrected chi connectivity index (χ1v) is 7.17. The predicted molar refractivity (Wildman–Crippen MR) is 59.6 cm³/mol. The maximum absolute atomic E-state index is 11.5. The minimum atomic E-state index is -3.32. The van der Waals surface area contributed by atoms with Gasteiger partial charge in [0, 0.05) is 30.5 Å². The number of nitrogens with zero attached hydrogens (tertiary/aromatic N) is 2. The fourth-order valence-electron chi connectivity index (χ4n) is 1.73. The zero-order valence-electron chi connectivity index (χ0n) is 9.18. The Bertz CT molecular complexity index is 495. The van der Waals surface area contributed by atoms with Gasteiger partial charge in [0.1, 0.15) is 5.82 Å². The van der Waals surface area contributed by atoms with E-state index in [4.69, 9.17) is 5.73 Å². The van der Waals surface area contributed by atoms with Gasteiger partial charge in [0.05, 0.1) is 0 Å². The van der Waals surface area contributed by atoms with Crippen LogP contribution in [0.15, 0.2) is 11.2 Å². The van der Waals surface area contributed by atoms with Gasteiger partial charge in [-0.1, -0.05) is 6.42 Å². The van der Waals surface area contributed by atoms with Crippen LogP contribution in [0.2, 0.25) is 0 Å². The van der Waals surface area contributed by atoms with Gasteiger partial charge in [-0.3, -0.25) is 0 Å². The second-order valence-electron chi connectivity index (χ2n) is 4.16. The zero-order valence-corrected chi connectivity index (χ0v) is 10.00. The van der Waals surface area contributed by atoms with Gasteiger partial charge in [0.25, 0.3) is 0 Å². The van der Waals surface area contributed by atoms with Gasteiger partial charge < -0.3 is 5.73 Å². The fourth-order valence-corrected chi connectivity index (χ4v) is 2.60. The summed E-state index contributed by atoms with van der Waals surface area (Å²) in [6.45, 7) is 0.146. The van der Waals surface area contributed by atoms with Crippen molar-refractivity contribution in [2.24, 2.45) is 5.73 Å². The SMILES string of the molecule is CS(=O)(=O)c1nc(C2CCC2)ncc1CN. The van der Waals surface area contributed by atoms with Crippen LogP contribution in [0.1, 0.15) is 36.6 Å². The molecule has 0 amide bonds. The van der Waals surface area contributed by atoms with Crippen LogP contribution in [0.5, 0.6) is 0 Å². The van der Waals surface area contributed by atoms with Gasteiger partial charge in [-0.25, -0.2) is 18.4 Å². The van der Waals surface area contributed by atoms with Crippen molar-refractivity contribution in [1.29, 1.82) is 0 Å². The third kappa shape index (κ3) is 2.08. The summed E-state index contributed by atoms with van der Waals surface area (Å²) in [5.74, 6) is 0.969. The van der Waals surface area contributed by atoms with E-state index >= 15 is 0 Å². The van der Waals surface area contributed by atoms with Crippen LogP contribution >= 0.6 is 0 Å². The Morgan fingerprint density at radius 3 is 2.62 bits per heavy atom. The molecule has 2 rings (SSSR count). The summed E-state index contributed by atoms with van der Waals surface area (Å²) in [6.07, 6.45) is 5.95. The van der Waals surface area contributed by atoms with Crippen molar-refractivity contribution in [2.75, 3.05) is 6.26 Å². The Kier molecular flexibility index (Phi) is 2.94. The minimum Gasteiger partial charge on any atom is -0.326 e. The van der Waals surface area contributed by atoms with Gasteiger partial charge in [0.2, 0.25) is 0 Å². The van der Waals surface area contributed by atoms with Gasteiger partial charge >= 0.3 is 0 Å². The maximum atomic E-state index is 11.5. The molecule has 1 aromatic rings. The average Bonchev–Trinajstić information content (AvgIpc) is 2.13. The van der Waals surface area contributed by atoms with Crippen LogP contribution in [-0.4, -0.2) is 24.6 Å². The largest absolute Gasteiger partial charge is 0.326 e. The molecule has 1 saturated carbocycles. The normalized spacial score (nSPS) is 17.1. The number of hydrogen-bond donors (Lipinski definition) is 1. The first-order chi connectivity index (χ1) is 7.52. The van der Waals surface area contributed by atoms with Crippen molar-refractivity contribution in [2.45, 2.75) is 36.8 Å². The Balaban J connectivity index is 2.46. The van der Waals surface area contributed by atoms with Crippen molar-refractivity contribution in [3.63, 3.8) is 0 Å². The summed E-state index contributed by atoms with van der Waals surface area (Å²) in [4.78, 5) is 8.35. The van der Waals surface area contributed by atoms with E-state index in [1.807, 2.05) is 0 Å². The molecule has 0 atom stereocenters. The van der Waals surface area contributed by atoms with Gasteiger partial charge in [0.15, 0.2) is 14.9 Å². The van der Waals surface area contributed by atoms with E-state index in [9.17, 15) is 8.42 Å². The third-order valence-electron chi connectivity index (χ3n) is 2.88. The van der Waals surface area contributed by atoms with Crippen molar-refractivity contribution in [3.8, 4) is 0 Å². The summed E-state index contributed by atoms with van der Waals surface area (Å²) >= 11 is 0. The minimum absolute atomic E-state index is 0.0897. The lowest BCUT2D eigenvalue weighted by Gasteiger charge is -2.24. The van der Waals surface area contributed by atoms with Crippen LogP contribution in [-0.2, 0) is 16.4 Å². The van der Waals surface area contributed by atoms with Gasteiger partial charge in [-0.15, -0.1) is 0 Å². The van der Waals surface area contributed by atoms with Crippen LogP contribution in [0.25, 0.3) is 0 Å². The first-order valence-electron chi connectivity index (χ1n) is 5.28. The number of sulfone groups is 1. The Labute approximate surface area is 95.0 Å². The first kappa shape index (κ1) is 11.5. The fraction of sp³-hybridized carbons (Fsp3) is 0.600. The lowest BCUT2D eigenvalue weighted by atomic mass is 9.85. The number of aromatic nitrogens is 2. The molecular formula is C10H15N3O2S. The van der Waals surface area contributed by atoms with E-state index in [-0.39, 0.29) is 11.6 Å². The Hall–Kier alpha value is -1.01. The highest BCUT2D eigenvalue weighted by Crippen LogP contribution is 2.34. The summed E-state index contributed by atoms with van der Waals surface area (Å²) in [7, 11) is -3.32. The number of hydrogen-bond acceptors (Lipinski definition) is 5. The van der Waals surface area contributed by atoms with Crippen molar-refractivity contribution >= 4 is 9.84 Å². The molecule has 0 bridgehead atoms. The molecule has 16 heavy (non-hydrogen) atoms. The lowest BCUT2D eigenvalue weighted by Crippen LogP contribution is -2.17. The van der Waals surface area contributed by atoms with E-state index in [1.54, 1.807) is 0 Å². The molecule has 0 unspecified atom stereocenters. The predicted octanol–water partition coefficient (Wildman–Crippen LogP) is 0.606. The molecule has 1 heterocycles. The van der Waals surface area contributed by atoms with E-state index < -0.39 is 9.84 Å². The summed E-state index contributed by atoms with van der Waals surface area (Å²) in [6, 6.07) is 0. The molecule has 1 fully saturated rings. The molecule has 0 aromatic carbocycles. The number of nitrogens with two attached hydrogens (primary N) is 1. The van der Waals surface area contributed by atoms with Crippen molar-refractivity contribution in [1.82, 2.24) is 9.97 Å². The van der Waals surface area contributed by atoms with Crippen LogP contribution in [0, 0.1) is 0 Å². The Morgan fingerprint density at radius 2 is 2.19 bits per heavy atom. The smallest absolute Gasteiger partial charge is 0.193 e. The van der Waals surface area contributed by atoms with Crippen molar-refractivity contribution in [3.05, 3.63) is 17.6 Å². The molecule has 5 nitrogen and oxygen atoms in total. The summed E-state index contributed by atoms with van der Waals surface area (Å²) in [5, 5.41) is 0.0897. The molecule has 1 aromatic heterocycles. The van der Waals surface area contributed by atoms with Crippen LogP contribution in [0.4, 0.5) is 0 Å². The Morgan fingerprint density at radius 1 is 1.50 bits per heavy atom. The second-order valence-corrected chi connectivity index (χ2v) is 6.09.